The SMILES string of the molecule is Fc1cc(F)cc(C2=NO[C@@H](Cn3ccnn3)C2)c1. The van der Waals surface area contributed by atoms with Crippen LogP contribution in [0.2, 0.25) is 0 Å². The van der Waals surface area contributed by atoms with Gasteiger partial charge in [-0.2, -0.15) is 0 Å². The van der Waals surface area contributed by atoms with Crippen LogP contribution in [0, 0.1) is 11.6 Å². The third-order valence-electron chi connectivity index (χ3n) is 2.79. The van der Waals surface area contributed by atoms with E-state index >= 15 is 0 Å². The van der Waals surface area contributed by atoms with Gasteiger partial charge in [-0.05, 0) is 12.1 Å². The van der Waals surface area contributed by atoms with Crippen LogP contribution in [0.15, 0.2) is 35.7 Å². The van der Waals surface area contributed by atoms with Gasteiger partial charge in [-0.3, -0.25) is 0 Å². The summed E-state index contributed by atoms with van der Waals surface area (Å²) < 4.78 is 27.9. The first-order valence-electron chi connectivity index (χ1n) is 5.74. The minimum Gasteiger partial charge on any atom is -0.390 e. The van der Waals surface area contributed by atoms with E-state index in [1.165, 1.54) is 12.1 Å². The summed E-state index contributed by atoms with van der Waals surface area (Å²) in [7, 11) is 0. The lowest BCUT2D eigenvalue weighted by Gasteiger charge is -2.06. The number of rotatable bonds is 3. The monoisotopic (exact) mass is 264 g/mol. The lowest BCUT2D eigenvalue weighted by Crippen LogP contribution is -2.17. The standard InChI is InChI=1S/C12H10F2N4O/c13-9-3-8(4-10(14)5-9)12-6-11(19-16-12)7-18-2-1-15-17-18/h1-5,11H,6-7H2/t11-/m1/s1. The van der Waals surface area contributed by atoms with Crippen molar-refractivity contribution in [3.63, 3.8) is 0 Å². The van der Waals surface area contributed by atoms with Crippen molar-refractivity contribution in [1.29, 1.82) is 0 Å². The van der Waals surface area contributed by atoms with Crippen molar-refractivity contribution in [3.8, 4) is 0 Å². The molecule has 0 unspecified atom stereocenters. The zero-order chi connectivity index (χ0) is 13.2. The largest absolute Gasteiger partial charge is 0.390 e. The Kier molecular flexibility index (Phi) is 2.94. The van der Waals surface area contributed by atoms with Crippen molar-refractivity contribution in [2.75, 3.05) is 0 Å². The van der Waals surface area contributed by atoms with Crippen molar-refractivity contribution in [3.05, 3.63) is 47.8 Å². The molecule has 5 nitrogen and oxygen atoms in total. The van der Waals surface area contributed by atoms with Crippen LogP contribution in [-0.2, 0) is 11.4 Å². The first kappa shape index (κ1) is 11.8. The van der Waals surface area contributed by atoms with Gasteiger partial charge in [-0.25, -0.2) is 13.5 Å². The molecule has 3 rings (SSSR count). The zero-order valence-corrected chi connectivity index (χ0v) is 9.83. The second-order valence-corrected chi connectivity index (χ2v) is 4.25. The normalized spacial score (nSPS) is 18.2. The summed E-state index contributed by atoms with van der Waals surface area (Å²) in [4.78, 5) is 5.23. The molecule has 1 atom stereocenters. The fourth-order valence-electron chi connectivity index (χ4n) is 1.96. The van der Waals surface area contributed by atoms with Crippen LogP contribution >= 0.6 is 0 Å². The van der Waals surface area contributed by atoms with Gasteiger partial charge in [0.15, 0.2) is 6.10 Å². The molecule has 98 valence electrons. The van der Waals surface area contributed by atoms with Crippen molar-refractivity contribution in [2.24, 2.45) is 5.16 Å². The topological polar surface area (TPSA) is 52.3 Å². The molecule has 0 N–H and O–H groups in total. The van der Waals surface area contributed by atoms with E-state index in [-0.39, 0.29) is 6.10 Å². The lowest BCUT2D eigenvalue weighted by molar-refractivity contribution is 0.0693. The molecule has 0 radical (unpaired) electrons. The number of nitrogens with zero attached hydrogens (tertiary/aromatic N) is 4. The molecule has 7 heteroatoms. The Morgan fingerprint density at radius 2 is 2.05 bits per heavy atom. The maximum atomic E-state index is 13.1. The average molecular weight is 264 g/mol. The zero-order valence-electron chi connectivity index (χ0n) is 9.83. The Morgan fingerprint density at radius 3 is 2.74 bits per heavy atom. The van der Waals surface area contributed by atoms with E-state index in [1.807, 2.05) is 0 Å². The number of oxime groups is 1. The van der Waals surface area contributed by atoms with Crippen LogP contribution in [0.25, 0.3) is 0 Å². The highest BCUT2D eigenvalue weighted by atomic mass is 19.1. The van der Waals surface area contributed by atoms with Gasteiger partial charge in [0, 0.05) is 24.2 Å². The molecule has 0 amide bonds. The molecule has 1 aliphatic heterocycles. The van der Waals surface area contributed by atoms with E-state index in [2.05, 4.69) is 15.5 Å². The summed E-state index contributed by atoms with van der Waals surface area (Å²) in [5, 5.41) is 11.4. The van der Waals surface area contributed by atoms with Crippen LogP contribution in [0.4, 0.5) is 8.78 Å². The second-order valence-electron chi connectivity index (χ2n) is 4.25. The summed E-state index contributed by atoms with van der Waals surface area (Å²) in [5.74, 6) is -1.25. The van der Waals surface area contributed by atoms with E-state index < -0.39 is 11.6 Å². The number of hydrogen-bond acceptors (Lipinski definition) is 4. The van der Waals surface area contributed by atoms with E-state index in [0.717, 1.165) is 6.07 Å². The summed E-state index contributed by atoms with van der Waals surface area (Å²) in [5.41, 5.74) is 0.933. The van der Waals surface area contributed by atoms with Crippen LogP contribution in [0.1, 0.15) is 12.0 Å². The predicted octanol–water partition coefficient (Wildman–Crippen LogP) is 1.75. The summed E-state index contributed by atoms with van der Waals surface area (Å²) in [6.45, 7) is 0.491. The maximum Gasteiger partial charge on any atom is 0.152 e. The van der Waals surface area contributed by atoms with Gasteiger partial charge in [0.2, 0.25) is 0 Å². The Bertz CT molecular complexity index is 592. The number of hydrogen-bond donors (Lipinski definition) is 0. The fourth-order valence-corrected chi connectivity index (χ4v) is 1.96. The Labute approximate surface area is 107 Å². The smallest absolute Gasteiger partial charge is 0.152 e. The van der Waals surface area contributed by atoms with Gasteiger partial charge in [0.25, 0.3) is 0 Å². The van der Waals surface area contributed by atoms with E-state index in [0.29, 0.717) is 24.2 Å². The maximum absolute atomic E-state index is 13.1. The minimum absolute atomic E-state index is 0.206. The second kappa shape index (κ2) is 4.75. The van der Waals surface area contributed by atoms with Crippen molar-refractivity contribution in [1.82, 2.24) is 15.0 Å². The van der Waals surface area contributed by atoms with E-state index in [1.54, 1.807) is 17.1 Å². The molecule has 1 aromatic heterocycles. The molecular weight excluding hydrogens is 254 g/mol. The summed E-state index contributed by atoms with van der Waals surface area (Å²) in [6.07, 6.45) is 3.55. The minimum atomic E-state index is -0.627. The molecule has 2 heterocycles. The van der Waals surface area contributed by atoms with Crippen molar-refractivity contribution in [2.45, 2.75) is 19.1 Å². The summed E-state index contributed by atoms with van der Waals surface area (Å²) in [6, 6.07) is 3.30. The molecular formula is C12H10F2N4O. The van der Waals surface area contributed by atoms with Gasteiger partial charge in [-0.15, -0.1) is 5.10 Å². The predicted molar refractivity (Wildman–Crippen MR) is 62.4 cm³/mol. The van der Waals surface area contributed by atoms with Gasteiger partial charge >= 0.3 is 0 Å². The highest BCUT2D eigenvalue weighted by Crippen LogP contribution is 2.19. The van der Waals surface area contributed by atoms with Gasteiger partial charge < -0.3 is 4.84 Å². The van der Waals surface area contributed by atoms with Gasteiger partial charge in [-0.1, -0.05) is 10.4 Å². The highest BCUT2D eigenvalue weighted by molar-refractivity contribution is 6.01. The molecule has 1 aliphatic rings. The van der Waals surface area contributed by atoms with Crippen LogP contribution in [-0.4, -0.2) is 26.8 Å². The van der Waals surface area contributed by atoms with Crippen LogP contribution in [0.5, 0.6) is 0 Å². The number of aromatic nitrogens is 3. The molecule has 0 saturated heterocycles. The lowest BCUT2D eigenvalue weighted by atomic mass is 10.0. The Hall–Kier alpha value is -2.31. The van der Waals surface area contributed by atoms with Crippen molar-refractivity contribution < 1.29 is 13.6 Å². The molecule has 0 fully saturated rings. The van der Waals surface area contributed by atoms with E-state index in [9.17, 15) is 8.78 Å². The quantitative estimate of drug-likeness (QED) is 0.848. The van der Waals surface area contributed by atoms with Gasteiger partial charge in [0.1, 0.15) is 11.6 Å². The number of benzene rings is 1. The average Bonchev–Trinajstić information content (AvgIpc) is 2.99. The molecule has 0 bridgehead atoms. The first-order chi connectivity index (χ1) is 9.20. The number of halogens is 2. The molecule has 0 spiro atoms. The first-order valence-corrected chi connectivity index (χ1v) is 5.74. The van der Waals surface area contributed by atoms with Crippen LogP contribution in [0.3, 0.4) is 0 Å². The molecule has 0 aliphatic carbocycles. The molecule has 19 heavy (non-hydrogen) atoms. The summed E-state index contributed by atoms with van der Waals surface area (Å²) >= 11 is 0. The molecule has 0 saturated carbocycles. The molecule has 2 aromatic rings. The third kappa shape index (κ3) is 2.59. The Balaban J connectivity index is 1.71. The molecule has 1 aromatic carbocycles. The Morgan fingerprint density at radius 1 is 1.26 bits per heavy atom. The van der Waals surface area contributed by atoms with E-state index in [4.69, 9.17) is 4.84 Å². The van der Waals surface area contributed by atoms with Crippen molar-refractivity contribution >= 4 is 5.71 Å². The van der Waals surface area contributed by atoms with Gasteiger partial charge in [0.05, 0.1) is 18.5 Å². The van der Waals surface area contributed by atoms with Crippen LogP contribution < -0.4 is 0 Å². The fraction of sp³-hybridized carbons (Fsp3) is 0.250. The highest BCUT2D eigenvalue weighted by Gasteiger charge is 2.23. The third-order valence-corrected chi connectivity index (χ3v) is 2.79.